The first kappa shape index (κ1) is 12.2. The van der Waals surface area contributed by atoms with E-state index in [4.69, 9.17) is 0 Å². The summed E-state index contributed by atoms with van der Waals surface area (Å²) < 4.78 is 63.2. The average Bonchev–Trinajstić information content (AvgIpc) is 2.05. The van der Waals surface area contributed by atoms with Crippen LogP contribution >= 0.6 is 15.9 Å². The second-order valence-corrected chi connectivity index (χ2v) is 3.11. The van der Waals surface area contributed by atoms with Crippen LogP contribution in [0.2, 0.25) is 0 Å². The lowest BCUT2D eigenvalue weighted by Crippen LogP contribution is -2.09. The fourth-order valence-electron chi connectivity index (χ4n) is 0.763. The fraction of sp³-hybridized carbons (Fsp3) is 0.286. The van der Waals surface area contributed by atoms with Crippen LogP contribution in [0.4, 0.5) is 22.0 Å². The summed E-state index contributed by atoms with van der Waals surface area (Å²) in [5, 5.41) is 0. The minimum Gasteiger partial charge on any atom is -0.432 e. The van der Waals surface area contributed by atoms with E-state index < -0.39 is 28.8 Å². The Hall–Kier alpha value is -0.920. The van der Waals surface area contributed by atoms with Crippen molar-refractivity contribution in [3.8, 4) is 5.75 Å². The Bertz CT molecular complexity index is 354. The van der Waals surface area contributed by atoms with Crippen molar-refractivity contribution >= 4 is 15.9 Å². The molecule has 1 rings (SSSR count). The molecular formula is C7H3BrF5NO. The van der Waals surface area contributed by atoms with Gasteiger partial charge in [0.2, 0.25) is 0 Å². The highest BCUT2D eigenvalue weighted by atomic mass is 79.9. The summed E-state index contributed by atoms with van der Waals surface area (Å²) in [6.07, 6.45) is -4.62. The number of halogens is 6. The van der Waals surface area contributed by atoms with Crippen molar-refractivity contribution in [2.24, 2.45) is 0 Å². The van der Waals surface area contributed by atoms with Gasteiger partial charge in [-0.3, -0.25) is 0 Å². The SMILES string of the molecule is FC(F)Oc1ccc(C(F)(F)F)nc1Br. The van der Waals surface area contributed by atoms with Crippen molar-refractivity contribution in [1.82, 2.24) is 4.98 Å². The third-order valence-electron chi connectivity index (χ3n) is 1.32. The zero-order valence-electron chi connectivity index (χ0n) is 6.86. The number of aromatic nitrogens is 1. The molecule has 0 aliphatic rings. The van der Waals surface area contributed by atoms with Crippen molar-refractivity contribution in [2.45, 2.75) is 12.8 Å². The van der Waals surface area contributed by atoms with E-state index in [0.717, 1.165) is 6.07 Å². The molecule has 15 heavy (non-hydrogen) atoms. The highest BCUT2D eigenvalue weighted by Crippen LogP contribution is 2.32. The monoisotopic (exact) mass is 291 g/mol. The first-order valence-electron chi connectivity index (χ1n) is 3.49. The summed E-state index contributed by atoms with van der Waals surface area (Å²) in [5.74, 6) is -0.446. The van der Waals surface area contributed by atoms with Crippen LogP contribution in [0.3, 0.4) is 0 Å². The van der Waals surface area contributed by atoms with E-state index >= 15 is 0 Å². The van der Waals surface area contributed by atoms with E-state index in [1.54, 1.807) is 0 Å². The summed E-state index contributed by atoms with van der Waals surface area (Å²) in [7, 11) is 0. The number of hydrogen-bond donors (Lipinski definition) is 0. The van der Waals surface area contributed by atoms with E-state index in [9.17, 15) is 22.0 Å². The molecule has 84 valence electrons. The fourth-order valence-corrected chi connectivity index (χ4v) is 1.18. The Morgan fingerprint density at radius 3 is 2.27 bits per heavy atom. The molecule has 0 aromatic carbocycles. The largest absolute Gasteiger partial charge is 0.433 e. The molecule has 0 aliphatic heterocycles. The van der Waals surface area contributed by atoms with Crippen molar-refractivity contribution < 1.29 is 26.7 Å². The Morgan fingerprint density at radius 2 is 1.87 bits per heavy atom. The van der Waals surface area contributed by atoms with Gasteiger partial charge in [-0.05, 0) is 28.1 Å². The summed E-state index contributed by atoms with van der Waals surface area (Å²) in [5.41, 5.74) is -1.18. The van der Waals surface area contributed by atoms with Crippen LogP contribution < -0.4 is 4.74 Å². The number of nitrogens with zero attached hydrogens (tertiary/aromatic N) is 1. The van der Waals surface area contributed by atoms with Gasteiger partial charge in [0.05, 0.1) is 0 Å². The van der Waals surface area contributed by atoms with E-state index in [1.165, 1.54) is 0 Å². The molecule has 0 N–H and O–H groups in total. The number of hydrogen-bond acceptors (Lipinski definition) is 2. The lowest BCUT2D eigenvalue weighted by atomic mass is 10.3. The molecule has 1 heterocycles. The minimum absolute atomic E-state index is 0.419. The molecule has 0 atom stereocenters. The molecule has 8 heteroatoms. The topological polar surface area (TPSA) is 22.1 Å². The van der Waals surface area contributed by atoms with Crippen LogP contribution in [0.25, 0.3) is 0 Å². The molecule has 1 aromatic heterocycles. The Balaban J connectivity index is 2.98. The van der Waals surface area contributed by atoms with Gasteiger partial charge < -0.3 is 4.74 Å². The highest BCUT2D eigenvalue weighted by molar-refractivity contribution is 9.10. The van der Waals surface area contributed by atoms with Gasteiger partial charge in [-0.1, -0.05) is 0 Å². The van der Waals surface area contributed by atoms with Crippen LogP contribution in [0, 0.1) is 0 Å². The van der Waals surface area contributed by atoms with Crippen molar-refractivity contribution in [3.63, 3.8) is 0 Å². The molecule has 0 spiro atoms. The van der Waals surface area contributed by atoms with Crippen LogP contribution in [-0.2, 0) is 6.18 Å². The predicted molar refractivity (Wildman–Crippen MR) is 43.6 cm³/mol. The molecule has 0 radical (unpaired) electrons. The van der Waals surface area contributed by atoms with Gasteiger partial charge >= 0.3 is 12.8 Å². The van der Waals surface area contributed by atoms with Crippen LogP contribution in [0.1, 0.15) is 5.69 Å². The first-order chi connectivity index (χ1) is 6.80. The van der Waals surface area contributed by atoms with Gasteiger partial charge in [0.25, 0.3) is 0 Å². The molecule has 0 fully saturated rings. The van der Waals surface area contributed by atoms with Crippen LogP contribution in [0.15, 0.2) is 16.7 Å². The molecule has 2 nitrogen and oxygen atoms in total. The molecule has 0 amide bonds. The Labute approximate surface area is 89.2 Å². The van der Waals surface area contributed by atoms with Crippen molar-refractivity contribution in [3.05, 3.63) is 22.4 Å². The third kappa shape index (κ3) is 3.29. The van der Waals surface area contributed by atoms with Gasteiger partial charge in [-0.15, -0.1) is 0 Å². The van der Waals surface area contributed by atoms with Crippen LogP contribution in [-0.4, -0.2) is 11.6 Å². The van der Waals surface area contributed by atoms with Crippen LogP contribution in [0.5, 0.6) is 5.75 Å². The first-order valence-corrected chi connectivity index (χ1v) is 4.28. The van der Waals surface area contributed by atoms with E-state index in [2.05, 4.69) is 25.7 Å². The molecule has 0 unspecified atom stereocenters. The second kappa shape index (κ2) is 4.30. The molecule has 0 bridgehead atoms. The lowest BCUT2D eigenvalue weighted by molar-refractivity contribution is -0.141. The maximum atomic E-state index is 12.1. The van der Waals surface area contributed by atoms with E-state index in [1.807, 2.05) is 0 Å². The van der Waals surface area contributed by atoms with E-state index in [0.29, 0.717) is 6.07 Å². The third-order valence-corrected chi connectivity index (χ3v) is 1.89. The Morgan fingerprint density at radius 1 is 1.27 bits per heavy atom. The quantitative estimate of drug-likeness (QED) is 0.615. The number of alkyl halides is 5. The number of pyridine rings is 1. The molecule has 0 saturated heterocycles. The zero-order chi connectivity index (χ0) is 11.6. The molecule has 0 saturated carbocycles. The standard InChI is InChI=1S/C7H3BrF5NO/c8-5-3(15-6(9)10)1-2-4(14-5)7(11,12)13/h1-2,6H. The van der Waals surface area contributed by atoms with Gasteiger partial charge in [0.15, 0.2) is 5.75 Å². The zero-order valence-corrected chi connectivity index (χ0v) is 8.44. The normalized spacial score (nSPS) is 11.9. The van der Waals surface area contributed by atoms with Gasteiger partial charge in [0, 0.05) is 0 Å². The Kier molecular flexibility index (Phi) is 3.48. The number of rotatable bonds is 2. The molecular weight excluding hydrogens is 289 g/mol. The molecule has 0 aliphatic carbocycles. The summed E-state index contributed by atoms with van der Waals surface area (Å²) in [4.78, 5) is 3.03. The second-order valence-electron chi connectivity index (χ2n) is 2.36. The summed E-state index contributed by atoms with van der Waals surface area (Å²) >= 11 is 2.60. The maximum absolute atomic E-state index is 12.1. The predicted octanol–water partition coefficient (Wildman–Crippen LogP) is 3.46. The molecule has 1 aromatic rings. The van der Waals surface area contributed by atoms with Gasteiger partial charge in [0.1, 0.15) is 10.3 Å². The summed E-state index contributed by atoms with van der Waals surface area (Å²) in [6.45, 7) is -3.11. The minimum atomic E-state index is -4.62. The van der Waals surface area contributed by atoms with E-state index in [-0.39, 0.29) is 0 Å². The van der Waals surface area contributed by atoms with Crippen molar-refractivity contribution in [2.75, 3.05) is 0 Å². The smallest absolute Gasteiger partial charge is 0.432 e. The van der Waals surface area contributed by atoms with Crippen molar-refractivity contribution in [1.29, 1.82) is 0 Å². The lowest BCUT2D eigenvalue weighted by Gasteiger charge is -2.09. The van der Waals surface area contributed by atoms with Gasteiger partial charge in [-0.2, -0.15) is 22.0 Å². The average molecular weight is 292 g/mol. The summed E-state index contributed by atoms with van der Waals surface area (Å²) in [6, 6.07) is 1.33. The highest BCUT2D eigenvalue weighted by Gasteiger charge is 2.33. The van der Waals surface area contributed by atoms with Gasteiger partial charge in [-0.25, -0.2) is 4.98 Å². The number of ether oxygens (including phenoxy) is 1. The maximum Gasteiger partial charge on any atom is 0.433 e.